The van der Waals surface area contributed by atoms with E-state index in [0.29, 0.717) is 11.4 Å². The zero-order chi connectivity index (χ0) is 21.1. The standard InChI is InChI=1S/C23H23N5O2/c1-15(19-13-20(25-24-19)16-7-5-4-6-8-16)28(2)23(29)22-14-21(26-27-22)17-9-11-18(30-3)12-10-17/h4-15H,1-3H3,(H,24,25)(H,26,27)/t15-/m1/s1. The number of hydrogen-bond donors (Lipinski definition) is 2. The van der Waals surface area contributed by atoms with E-state index in [2.05, 4.69) is 20.4 Å². The Bertz CT molecular complexity index is 1130. The van der Waals surface area contributed by atoms with Gasteiger partial charge in [-0.1, -0.05) is 30.3 Å². The van der Waals surface area contributed by atoms with Crippen molar-refractivity contribution >= 4 is 5.91 Å². The van der Waals surface area contributed by atoms with Crippen molar-refractivity contribution in [2.75, 3.05) is 14.2 Å². The van der Waals surface area contributed by atoms with Crippen LogP contribution in [0.25, 0.3) is 22.5 Å². The smallest absolute Gasteiger partial charge is 0.272 e. The number of nitrogens with one attached hydrogen (secondary N) is 2. The fourth-order valence-electron chi connectivity index (χ4n) is 3.22. The van der Waals surface area contributed by atoms with Gasteiger partial charge < -0.3 is 9.64 Å². The third-order valence-corrected chi connectivity index (χ3v) is 5.21. The lowest BCUT2D eigenvalue weighted by Gasteiger charge is -2.23. The van der Waals surface area contributed by atoms with Crippen LogP contribution >= 0.6 is 0 Å². The van der Waals surface area contributed by atoms with Crippen LogP contribution in [0.2, 0.25) is 0 Å². The van der Waals surface area contributed by atoms with Crippen LogP contribution < -0.4 is 4.74 Å². The molecule has 1 amide bonds. The number of rotatable bonds is 6. The minimum Gasteiger partial charge on any atom is -0.497 e. The Hall–Kier alpha value is -3.87. The summed E-state index contributed by atoms with van der Waals surface area (Å²) in [6.07, 6.45) is 0. The molecule has 0 aliphatic heterocycles. The number of aromatic nitrogens is 4. The minimum absolute atomic E-state index is 0.148. The van der Waals surface area contributed by atoms with Gasteiger partial charge in [0.2, 0.25) is 0 Å². The summed E-state index contributed by atoms with van der Waals surface area (Å²) in [5, 5.41) is 14.6. The summed E-state index contributed by atoms with van der Waals surface area (Å²) in [4.78, 5) is 14.6. The van der Waals surface area contributed by atoms with E-state index in [1.807, 2.05) is 67.6 Å². The van der Waals surface area contributed by atoms with Gasteiger partial charge in [0, 0.05) is 18.2 Å². The first-order chi connectivity index (χ1) is 14.6. The predicted molar refractivity (Wildman–Crippen MR) is 115 cm³/mol. The summed E-state index contributed by atoms with van der Waals surface area (Å²) >= 11 is 0. The molecule has 0 radical (unpaired) electrons. The van der Waals surface area contributed by atoms with Crippen LogP contribution in [0, 0.1) is 0 Å². The number of carbonyl (C=O) groups excluding carboxylic acids is 1. The molecule has 0 saturated carbocycles. The molecule has 0 saturated heterocycles. The Morgan fingerprint density at radius 3 is 2.27 bits per heavy atom. The molecule has 152 valence electrons. The second kappa shape index (κ2) is 8.24. The molecule has 30 heavy (non-hydrogen) atoms. The summed E-state index contributed by atoms with van der Waals surface area (Å²) < 4.78 is 5.18. The van der Waals surface area contributed by atoms with Crippen LogP contribution in [0.4, 0.5) is 0 Å². The van der Waals surface area contributed by atoms with E-state index in [9.17, 15) is 4.79 Å². The zero-order valence-electron chi connectivity index (χ0n) is 17.1. The number of aromatic amines is 2. The lowest BCUT2D eigenvalue weighted by atomic mass is 10.1. The van der Waals surface area contributed by atoms with Crippen molar-refractivity contribution in [3.05, 3.63) is 78.1 Å². The molecule has 4 rings (SSSR count). The molecular weight excluding hydrogens is 378 g/mol. The molecule has 2 aromatic heterocycles. The lowest BCUT2D eigenvalue weighted by molar-refractivity contribution is 0.0734. The average molecular weight is 401 g/mol. The van der Waals surface area contributed by atoms with Gasteiger partial charge in [0.1, 0.15) is 11.4 Å². The zero-order valence-corrected chi connectivity index (χ0v) is 17.1. The van der Waals surface area contributed by atoms with Gasteiger partial charge in [0.25, 0.3) is 5.91 Å². The van der Waals surface area contributed by atoms with Crippen LogP contribution in [0.5, 0.6) is 5.75 Å². The summed E-state index contributed by atoms with van der Waals surface area (Å²) in [5.41, 5.74) is 4.77. The summed E-state index contributed by atoms with van der Waals surface area (Å²) in [6.45, 7) is 1.96. The van der Waals surface area contributed by atoms with Gasteiger partial charge in [-0.2, -0.15) is 10.2 Å². The molecule has 1 atom stereocenters. The lowest BCUT2D eigenvalue weighted by Crippen LogP contribution is -2.30. The van der Waals surface area contributed by atoms with Gasteiger partial charge in [-0.15, -0.1) is 0 Å². The molecule has 7 heteroatoms. The largest absolute Gasteiger partial charge is 0.497 e. The fraction of sp³-hybridized carbons (Fsp3) is 0.174. The topological polar surface area (TPSA) is 86.9 Å². The molecule has 0 bridgehead atoms. The van der Waals surface area contributed by atoms with Gasteiger partial charge in [-0.05, 0) is 43.3 Å². The number of H-pyrrole nitrogens is 2. The van der Waals surface area contributed by atoms with Crippen molar-refractivity contribution in [3.63, 3.8) is 0 Å². The monoisotopic (exact) mass is 401 g/mol. The Morgan fingerprint density at radius 2 is 1.57 bits per heavy atom. The first-order valence-corrected chi connectivity index (χ1v) is 9.64. The van der Waals surface area contributed by atoms with Crippen molar-refractivity contribution in [3.8, 4) is 28.3 Å². The number of ether oxygens (including phenoxy) is 1. The first-order valence-electron chi connectivity index (χ1n) is 9.64. The highest BCUT2D eigenvalue weighted by molar-refractivity contribution is 5.93. The molecule has 2 N–H and O–H groups in total. The maximum Gasteiger partial charge on any atom is 0.272 e. The Balaban J connectivity index is 1.49. The molecule has 2 aromatic carbocycles. The van der Waals surface area contributed by atoms with E-state index in [1.165, 1.54) is 0 Å². The maximum absolute atomic E-state index is 13.0. The molecule has 7 nitrogen and oxygen atoms in total. The number of amides is 1. The fourth-order valence-corrected chi connectivity index (χ4v) is 3.22. The number of hydrogen-bond acceptors (Lipinski definition) is 4. The quantitative estimate of drug-likeness (QED) is 0.504. The highest BCUT2D eigenvalue weighted by atomic mass is 16.5. The second-order valence-corrected chi connectivity index (χ2v) is 7.06. The molecule has 0 spiro atoms. The minimum atomic E-state index is -0.185. The van der Waals surface area contributed by atoms with E-state index >= 15 is 0 Å². The third-order valence-electron chi connectivity index (χ3n) is 5.21. The van der Waals surface area contributed by atoms with Crippen LogP contribution in [0.3, 0.4) is 0 Å². The van der Waals surface area contributed by atoms with Crippen LogP contribution in [0.1, 0.15) is 29.1 Å². The Kier molecular flexibility index (Phi) is 5.34. The predicted octanol–water partition coefficient (Wildman–Crippen LogP) is 4.31. The van der Waals surface area contributed by atoms with Crippen molar-refractivity contribution in [2.24, 2.45) is 0 Å². The third kappa shape index (κ3) is 3.82. The Labute approximate surface area is 174 Å². The molecule has 0 unspecified atom stereocenters. The SMILES string of the molecule is COc1ccc(-c2cc(C(=O)N(C)[C@H](C)c3cc(-c4ccccc4)n[nH]3)[nH]n2)cc1. The average Bonchev–Trinajstić information content (AvgIpc) is 3.49. The van der Waals surface area contributed by atoms with E-state index in [0.717, 1.165) is 28.3 Å². The normalized spacial score (nSPS) is 11.8. The van der Waals surface area contributed by atoms with Crippen molar-refractivity contribution in [1.82, 2.24) is 25.3 Å². The summed E-state index contributed by atoms with van der Waals surface area (Å²) in [7, 11) is 3.39. The molecule has 2 heterocycles. The maximum atomic E-state index is 13.0. The van der Waals surface area contributed by atoms with E-state index in [-0.39, 0.29) is 11.9 Å². The van der Waals surface area contributed by atoms with E-state index in [1.54, 1.807) is 25.1 Å². The molecule has 0 fully saturated rings. The highest BCUT2D eigenvalue weighted by Crippen LogP contribution is 2.25. The molecule has 0 aliphatic carbocycles. The summed E-state index contributed by atoms with van der Waals surface area (Å²) in [5.74, 6) is 0.624. The number of benzene rings is 2. The van der Waals surface area contributed by atoms with Crippen LogP contribution in [-0.2, 0) is 0 Å². The number of carbonyl (C=O) groups is 1. The van der Waals surface area contributed by atoms with Crippen LogP contribution in [0.15, 0.2) is 66.7 Å². The van der Waals surface area contributed by atoms with Crippen LogP contribution in [-0.4, -0.2) is 45.4 Å². The van der Waals surface area contributed by atoms with Gasteiger partial charge in [0.05, 0.1) is 30.2 Å². The molecular formula is C23H23N5O2. The van der Waals surface area contributed by atoms with Gasteiger partial charge in [0.15, 0.2) is 0 Å². The molecule has 4 aromatic rings. The number of methoxy groups -OCH3 is 1. The van der Waals surface area contributed by atoms with E-state index < -0.39 is 0 Å². The number of nitrogens with zero attached hydrogens (tertiary/aromatic N) is 3. The highest BCUT2D eigenvalue weighted by Gasteiger charge is 2.22. The van der Waals surface area contributed by atoms with Crippen molar-refractivity contribution < 1.29 is 9.53 Å². The molecule has 0 aliphatic rings. The summed E-state index contributed by atoms with van der Waals surface area (Å²) in [6, 6.07) is 21.0. The van der Waals surface area contributed by atoms with Crippen molar-refractivity contribution in [1.29, 1.82) is 0 Å². The van der Waals surface area contributed by atoms with Crippen molar-refractivity contribution in [2.45, 2.75) is 13.0 Å². The van der Waals surface area contributed by atoms with Gasteiger partial charge in [-0.3, -0.25) is 15.0 Å². The van der Waals surface area contributed by atoms with Gasteiger partial charge >= 0.3 is 0 Å². The first kappa shape index (κ1) is 19.4. The van der Waals surface area contributed by atoms with Gasteiger partial charge in [-0.25, -0.2) is 0 Å². The second-order valence-electron chi connectivity index (χ2n) is 7.06. The van der Waals surface area contributed by atoms with E-state index in [4.69, 9.17) is 4.74 Å². The Morgan fingerprint density at radius 1 is 0.933 bits per heavy atom.